The van der Waals surface area contributed by atoms with Crippen molar-refractivity contribution in [3.05, 3.63) is 64.2 Å². The van der Waals surface area contributed by atoms with E-state index in [0.717, 1.165) is 11.1 Å². The molecular formula is C20H19F2N3O2. The van der Waals surface area contributed by atoms with Gasteiger partial charge in [-0.05, 0) is 48.2 Å². The maximum atomic E-state index is 13.6. The van der Waals surface area contributed by atoms with Crippen molar-refractivity contribution in [2.75, 3.05) is 5.32 Å². The van der Waals surface area contributed by atoms with Gasteiger partial charge in [0.1, 0.15) is 0 Å². The summed E-state index contributed by atoms with van der Waals surface area (Å²) in [5, 5.41) is 5.54. The monoisotopic (exact) mass is 371 g/mol. The van der Waals surface area contributed by atoms with Crippen LogP contribution in [0.3, 0.4) is 0 Å². The highest BCUT2D eigenvalue weighted by atomic mass is 19.2. The fourth-order valence-electron chi connectivity index (χ4n) is 4.00. The first-order valence-electron chi connectivity index (χ1n) is 8.87. The van der Waals surface area contributed by atoms with Crippen LogP contribution in [-0.4, -0.2) is 17.9 Å². The molecule has 0 aromatic heterocycles. The zero-order chi connectivity index (χ0) is 19.1. The molecule has 4 N–H and O–H groups in total. The Balaban J connectivity index is 1.46. The molecule has 0 fully saturated rings. The number of hydrogen-bond acceptors (Lipinski definition) is 3. The lowest BCUT2D eigenvalue weighted by Gasteiger charge is -2.20. The van der Waals surface area contributed by atoms with Gasteiger partial charge in [0.25, 0.3) is 5.91 Å². The second-order valence-electron chi connectivity index (χ2n) is 7.04. The highest BCUT2D eigenvalue weighted by Crippen LogP contribution is 2.37. The lowest BCUT2D eigenvalue weighted by atomic mass is 9.91. The number of hydrogen-bond donors (Lipinski definition) is 3. The minimum Gasteiger partial charge on any atom is -0.348 e. The van der Waals surface area contributed by atoms with Crippen LogP contribution in [0.25, 0.3) is 0 Å². The van der Waals surface area contributed by atoms with E-state index >= 15 is 0 Å². The molecule has 2 aliphatic rings. The average Bonchev–Trinajstić information content (AvgIpc) is 3.20. The smallest absolute Gasteiger partial charge is 0.251 e. The van der Waals surface area contributed by atoms with Gasteiger partial charge < -0.3 is 16.4 Å². The van der Waals surface area contributed by atoms with Crippen LogP contribution in [0, 0.1) is 11.6 Å². The summed E-state index contributed by atoms with van der Waals surface area (Å²) in [5.41, 5.74) is 9.56. The van der Waals surface area contributed by atoms with Gasteiger partial charge in [0.05, 0.1) is 0 Å². The Morgan fingerprint density at radius 1 is 1.30 bits per heavy atom. The fraction of sp³-hybridized carbons (Fsp3) is 0.300. The molecule has 1 aliphatic heterocycles. The summed E-state index contributed by atoms with van der Waals surface area (Å²) in [5.74, 6) is -2.37. The number of halogens is 2. The summed E-state index contributed by atoms with van der Waals surface area (Å²) < 4.78 is 27.0. The molecule has 4 rings (SSSR count). The molecule has 1 aliphatic carbocycles. The van der Waals surface area contributed by atoms with Crippen molar-refractivity contribution in [2.24, 2.45) is 5.73 Å². The fourth-order valence-corrected chi connectivity index (χ4v) is 4.00. The van der Waals surface area contributed by atoms with Crippen molar-refractivity contribution in [2.45, 2.75) is 37.8 Å². The molecule has 2 aromatic carbocycles. The zero-order valence-electron chi connectivity index (χ0n) is 14.5. The van der Waals surface area contributed by atoms with E-state index in [1.54, 1.807) is 18.2 Å². The summed E-state index contributed by atoms with van der Waals surface area (Å²) in [6.45, 7) is 0.373. The second kappa shape index (κ2) is 6.74. The van der Waals surface area contributed by atoms with Crippen LogP contribution in [0.4, 0.5) is 14.5 Å². The number of nitrogens with one attached hydrogen (secondary N) is 2. The van der Waals surface area contributed by atoms with Crippen LogP contribution in [-0.2, 0) is 17.8 Å². The molecule has 0 bridgehead atoms. The minimum atomic E-state index is -0.894. The van der Waals surface area contributed by atoms with Crippen molar-refractivity contribution < 1.29 is 18.4 Å². The van der Waals surface area contributed by atoms with Crippen molar-refractivity contribution in [3.63, 3.8) is 0 Å². The second-order valence-corrected chi connectivity index (χ2v) is 7.04. The topological polar surface area (TPSA) is 84.2 Å². The molecular weight excluding hydrogens is 352 g/mol. The molecule has 2 amide bonds. The number of carbonyl (C=O) groups excluding carboxylic acids is 2. The van der Waals surface area contributed by atoms with E-state index in [4.69, 9.17) is 5.73 Å². The Kier molecular flexibility index (Phi) is 4.39. The van der Waals surface area contributed by atoms with Crippen LogP contribution in [0.2, 0.25) is 0 Å². The summed E-state index contributed by atoms with van der Waals surface area (Å²) in [6.07, 6.45) is 1.33. The van der Waals surface area contributed by atoms with Crippen molar-refractivity contribution in [3.8, 4) is 0 Å². The normalized spacial score (nSPS) is 18.6. The SMILES string of the molecule is NC(CC(=O)Nc1cccc2c1CNC2=O)C1CCc2cc(F)c(F)cc21. The first kappa shape index (κ1) is 17.6. The third-order valence-corrected chi connectivity index (χ3v) is 5.36. The number of amides is 2. The van der Waals surface area contributed by atoms with Crippen LogP contribution < -0.4 is 16.4 Å². The van der Waals surface area contributed by atoms with E-state index in [0.29, 0.717) is 36.2 Å². The minimum absolute atomic E-state index is 0.0497. The van der Waals surface area contributed by atoms with Crippen LogP contribution in [0.15, 0.2) is 30.3 Å². The van der Waals surface area contributed by atoms with Crippen LogP contribution >= 0.6 is 0 Å². The molecule has 5 nitrogen and oxygen atoms in total. The highest BCUT2D eigenvalue weighted by molar-refractivity contribution is 6.02. The van der Waals surface area contributed by atoms with E-state index < -0.39 is 17.7 Å². The predicted molar refractivity (Wildman–Crippen MR) is 96.3 cm³/mol. The van der Waals surface area contributed by atoms with Gasteiger partial charge in [0, 0.05) is 41.7 Å². The maximum Gasteiger partial charge on any atom is 0.251 e. The Bertz CT molecular complexity index is 945. The molecule has 1 heterocycles. The average molecular weight is 371 g/mol. The Hall–Kier alpha value is -2.80. The Morgan fingerprint density at radius 2 is 2.07 bits per heavy atom. The number of rotatable bonds is 4. The number of anilines is 1. The van der Waals surface area contributed by atoms with Gasteiger partial charge in [-0.15, -0.1) is 0 Å². The van der Waals surface area contributed by atoms with E-state index in [9.17, 15) is 18.4 Å². The molecule has 27 heavy (non-hydrogen) atoms. The predicted octanol–water partition coefficient (Wildman–Crippen LogP) is 2.59. The number of carbonyl (C=O) groups is 2. The highest BCUT2D eigenvalue weighted by Gasteiger charge is 2.31. The van der Waals surface area contributed by atoms with E-state index in [1.165, 1.54) is 12.1 Å². The summed E-state index contributed by atoms with van der Waals surface area (Å²) in [6, 6.07) is 7.07. The molecule has 0 spiro atoms. The molecule has 0 radical (unpaired) electrons. The summed E-state index contributed by atoms with van der Waals surface area (Å²) >= 11 is 0. The molecule has 0 saturated heterocycles. The first-order valence-corrected chi connectivity index (χ1v) is 8.87. The number of fused-ring (bicyclic) bond motifs is 2. The van der Waals surface area contributed by atoms with Crippen molar-refractivity contribution >= 4 is 17.5 Å². The van der Waals surface area contributed by atoms with Gasteiger partial charge in [-0.3, -0.25) is 9.59 Å². The van der Waals surface area contributed by atoms with Gasteiger partial charge >= 0.3 is 0 Å². The zero-order valence-corrected chi connectivity index (χ0v) is 14.5. The summed E-state index contributed by atoms with van der Waals surface area (Å²) in [4.78, 5) is 24.2. The third-order valence-electron chi connectivity index (χ3n) is 5.36. The number of benzene rings is 2. The van der Waals surface area contributed by atoms with Gasteiger partial charge in [-0.25, -0.2) is 8.78 Å². The number of nitrogens with two attached hydrogens (primary N) is 1. The standard InChI is InChI=1S/C20H19F2N3O2/c21-15-6-10-4-5-11(13(10)7-16(15)22)17(23)8-19(26)25-18-3-1-2-12-14(18)9-24-20(12)27/h1-3,6-7,11,17H,4-5,8-9,23H2,(H,24,27)(H,25,26). The van der Waals surface area contributed by atoms with Crippen molar-refractivity contribution in [1.82, 2.24) is 5.32 Å². The molecule has 140 valence electrons. The van der Waals surface area contributed by atoms with E-state index in [2.05, 4.69) is 10.6 Å². The largest absolute Gasteiger partial charge is 0.348 e. The Labute approximate surface area is 154 Å². The van der Waals surface area contributed by atoms with Gasteiger partial charge in [0.2, 0.25) is 5.91 Å². The third kappa shape index (κ3) is 3.19. The van der Waals surface area contributed by atoms with Gasteiger partial charge in [-0.2, -0.15) is 0 Å². The maximum absolute atomic E-state index is 13.6. The lowest BCUT2D eigenvalue weighted by molar-refractivity contribution is -0.116. The van der Waals surface area contributed by atoms with E-state index in [-0.39, 0.29) is 24.2 Å². The quantitative estimate of drug-likeness (QED) is 0.772. The van der Waals surface area contributed by atoms with Crippen LogP contribution in [0.1, 0.15) is 45.8 Å². The van der Waals surface area contributed by atoms with Gasteiger partial charge in [-0.1, -0.05) is 6.07 Å². The lowest BCUT2D eigenvalue weighted by Crippen LogP contribution is -2.32. The van der Waals surface area contributed by atoms with Crippen molar-refractivity contribution in [1.29, 1.82) is 0 Å². The van der Waals surface area contributed by atoms with E-state index in [1.807, 2.05) is 0 Å². The summed E-state index contributed by atoms with van der Waals surface area (Å²) in [7, 11) is 0. The Morgan fingerprint density at radius 3 is 2.89 bits per heavy atom. The molecule has 2 unspecified atom stereocenters. The molecule has 7 heteroatoms. The number of aryl methyl sites for hydroxylation is 1. The van der Waals surface area contributed by atoms with Gasteiger partial charge in [0.15, 0.2) is 11.6 Å². The molecule has 2 atom stereocenters. The molecule has 2 aromatic rings. The van der Waals surface area contributed by atoms with Crippen LogP contribution in [0.5, 0.6) is 0 Å². The first-order chi connectivity index (χ1) is 12.9. The molecule has 0 saturated carbocycles.